The Labute approximate surface area is 160 Å². The van der Waals surface area contributed by atoms with Gasteiger partial charge in [-0.05, 0) is 50.3 Å². The normalized spacial score (nSPS) is 15.0. The molecule has 1 heterocycles. The molecule has 0 amide bonds. The van der Waals surface area contributed by atoms with E-state index >= 15 is 0 Å². The maximum atomic E-state index is 12.2. The van der Waals surface area contributed by atoms with Crippen LogP contribution in [0.4, 0.5) is 0 Å². The van der Waals surface area contributed by atoms with Gasteiger partial charge in [0.2, 0.25) is 5.90 Å². The lowest BCUT2D eigenvalue weighted by molar-refractivity contribution is -0.129. The van der Waals surface area contributed by atoms with E-state index in [1.165, 1.54) is 0 Å². The molecule has 3 rings (SSSR count). The van der Waals surface area contributed by atoms with Crippen molar-refractivity contribution in [1.29, 1.82) is 0 Å². The highest BCUT2D eigenvalue weighted by molar-refractivity contribution is 9.10. The molecule has 0 aliphatic carbocycles. The van der Waals surface area contributed by atoms with Crippen LogP contribution in [0.3, 0.4) is 0 Å². The third-order valence-corrected chi connectivity index (χ3v) is 4.07. The van der Waals surface area contributed by atoms with Crippen molar-refractivity contribution in [3.63, 3.8) is 0 Å². The summed E-state index contributed by atoms with van der Waals surface area (Å²) in [5.74, 6) is 1.14. The van der Waals surface area contributed by atoms with E-state index in [-0.39, 0.29) is 11.6 Å². The Hall–Kier alpha value is -2.60. The fraction of sp³-hybridized carbons (Fsp3) is 0.200. The number of hydrogen-bond donors (Lipinski definition) is 0. The van der Waals surface area contributed by atoms with Crippen LogP contribution in [-0.4, -0.2) is 25.1 Å². The highest BCUT2D eigenvalue weighted by Crippen LogP contribution is 2.29. The zero-order valence-electron chi connectivity index (χ0n) is 14.5. The second-order valence-corrected chi connectivity index (χ2v) is 6.33. The van der Waals surface area contributed by atoms with Crippen LogP contribution >= 0.6 is 15.9 Å². The molecule has 1 aliphatic rings. The van der Waals surface area contributed by atoms with E-state index in [0.29, 0.717) is 24.7 Å². The minimum Gasteiger partial charge on any atom is -0.494 e. The number of carbonyl (C=O) groups is 1. The number of cyclic esters (lactones) is 1. The molecule has 134 valence electrons. The second-order valence-electron chi connectivity index (χ2n) is 5.41. The highest BCUT2D eigenvalue weighted by atomic mass is 79.9. The van der Waals surface area contributed by atoms with Gasteiger partial charge in [-0.15, -0.1) is 0 Å². The fourth-order valence-corrected chi connectivity index (χ4v) is 2.87. The van der Waals surface area contributed by atoms with Crippen LogP contribution in [0.5, 0.6) is 11.5 Å². The molecule has 1 aliphatic heterocycles. The van der Waals surface area contributed by atoms with Crippen molar-refractivity contribution in [2.24, 2.45) is 4.99 Å². The van der Waals surface area contributed by atoms with Crippen molar-refractivity contribution in [1.82, 2.24) is 0 Å². The quantitative estimate of drug-likeness (QED) is 0.511. The van der Waals surface area contributed by atoms with Crippen LogP contribution in [0, 0.1) is 0 Å². The first-order valence-corrected chi connectivity index (χ1v) is 9.08. The molecule has 0 radical (unpaired) electrons. The Bertz CT molecular complexity index is 889. The second kappa shape index (κ2) is 8.19. The lowest BCUT2D eigenvalue weighted by Crippen LogP contribution is -2.05. The third-order valence-electron chi connectivity index (χ3n) is 3.58. The molecule has 6 heteroatoms. The summed E-state index contributed by atoms with van der Waals surface area (Å²) in [6.07, 6.45) is 1.66. The molecule has 0 unspecified atom stereocenters. The van der Waals surface area contributed by atoms with Crippen molar-refractivity contribution in [3.05, 3.63) is 63.8 Å². The van der Waals surface area contributed by atoms with E-state index in [1.54, 1.807) is 12.1 Å². The van der Waals surface area contributed by atoms with Gasteiger partial charge < -0.3 is 14.2 Å². The van der Waals surface area contributed by atoms with Gasteiger partial charge in [-0.25, -0.2) is 9.79 Å². The lowest BCUT2D eigenvalue weighted by Gasteiger charge is -2.10. The summed E-state index contributed by atoms with van der Waals surface area (Å²) in [5.41, 5.74) is 1.69. The molecular formula is C20H18BrNO4. The monoisotopic (exact) mass is 415 g/mol. The smallest absolute Gasteiger partial charge is 0.363 e. The Balaban J connectivity index is 1.95. The average Bonchev–Trinajstić information content (AvgIpc) is 2.98. The summed E-state index contributed by atoms with van der Waals surface area (Å²) in [5, 5.41) is 0. The maximum Gasteiger partial charge on any atom is 0.363 e. The van der Waals surface area contributed by atoms with Crippen LogP contribution in [0.15, 0.2) is 57.6 Å². The van der Waals surface area contributed by atoms with Crippen molar-refractivity contribution in [3.8, 4) is 11.5 Å². The third kappa shape index (κ3) is 4.14. The first-order chi connectivity index (χ1) is 12.6. The molecule has 0 saturated heterocycles. The van der Waals surface area contributed by atoms with E-state index in [2.05, 4.69) is 20.9 Å². The Morgan fingerprint density at radius 3 is 2.65 bits per heavy atom. The number of nitrogens with zero attached hydrogens (tertiary/aromatic N) is 1. The molecule has 0 spiro atoms. The van der Waals surface area contributed by atoms with Crippen molar-refractivity contribution >= 4 is 33.9 Å². The molecule has 0 atom stereocenters. The Morgan fingerprint density at radius 2 is 1.92 bits per heavy atom. The van der Waals surface area contributed by atoms with Gasteiger partial charge in [-0.2, -0.15) is 0 Å². The molecule has 2 aromatic rings. The molecule has 0 bridgehead atoms. The molecular weight excluding hydrogens is 398 g/mol. The summed E-state index contributed by atoms with van der Waals surface area (Å²) in [6.45, 7) is 4.89. The molecule has 0 aromatic heterocycles. The van der Waals surface area contributed by atoms with Crippen molar-refractivity contribution in [2.45, 2.75) is 13.8 Å². The molecule has 0 fully saturated rings. The standard InChI is InChI=1S/C20H18BrNO4/c1-3-24-16-9-8-13(18(12-16)25-4-2)11-17-20(23)26-19(22-17)14-6-5-7-15(21)10-14/h5-12H,3-4H2,1-2H3/b17-11-. The number of hydrogen-bond acceptors (Lipinski definition) is 5. The molecule has 2 aromatic carbocycles. The predicted molar refractivity (Wildman–Crippen MR) is 104 cm³/mol. The summed E-state index contributed by atoms with van der Waals surface area (Å²) < 4.78 is 17.4. The maximum absolute atomic E-state index is 12.2. The average molecular weight is 416 g/mol. The lowest BCUT2D eigenvalue weighted by atomic mass is 10.1. The molecule has 0 N–H and O–H groups in total. The molecule has 0 saturated carbocycles. The summed E-state index contributed by atoms with van der Waals surface area (Å²) >= 11 is 3.40. The number of aliphatic imine (C=N–C) groups is 1. The van der Waals surface area contributed by atoms with E-state index in [1.807, 2.05) is 50.2 Å². The predicted octanol–water partition coefficient (Wildman–Crippen LogP) is 4.59. The van der Waals surface area contributed by atoms with E-state index in [0.717, 1.165) is 15.6 Å². The first-order valence-electron chi connectivity index (χ1n) is 8.29. The summed E-state index contributed by atoms with van der Waals surface area (Å²) in [4.78, 5) is 16.5. The van der Waals surface area contributed by atoms with Gasteiger partial charge in [0.05, 0.1) is 13.2 Å². The number of esters is 1. The van der Waals surface area contributed by atoms with Crippen LogP contribution in [0.25, 0.3) is 6.08 Å². The Morgan fingerprint density at radius 1 is 1.12 bits per heavy atom. The SMILES string of the molecule is CCOc1ccc(/C=C2\N=C(c3cccc(Br)c3)OC2=O)c(OCC)c1. The van der Waals surface area contributed by atoms with Crippen molar-refractivity contribution < 1.29 is 19.0 Å². The minimum atomic E-state index is -0.490. The van der Waals surface area contributed by atoms with Gasteiger partial charge in [0.25, 0.3) is 0 Å². The zero-order valence-corrected chi connectivity index (χ0v) is 16.1. The zero-order chi connectivity index (χ0) is 18.5. The van der Waals surface area contributed by atoms with Gasteiger partial charge >= 0.3 is 5.97 Å². The van der Waals surface area contributed by atoms with Gasteiger partial charge in [-0.1, -0.05) is 22.0 Å². The first kappa shape index (κ1) is 18.2. The largest absolute Gasteiger partial charge is 0.494 e. The van der Waals surface area contributed by atoms with E-state index in [9.17, 15) is 4.79 Å². The number of benzene rings is 2. The van der Waals surface area contributed by atoms with Gasteiger partial charge in [0, 0.05) is 21.7 Å². The Kier molecular flexibility index (Phi) is 5.73. The minimum absolute atomic E-state index is 0.227. The number of rotatable bonds is 6. The van der Waals surface area contributed by atoms with Gasteiger partial charge in [0.15, 0.2) is 5.70 Å². The van der Waals surface area contributed by atoms with E-state index in [4.69, 9.17) is 14.2 Å². The summed E-state index contributed by atoms with van der Waals surface area (Å²) in [6, 6.07) is 12.9. The van der Waals surface area contributed by atoms with Crippen LogP contribution < -0.4 is 9.47 Å². The molecule has 5 nitrogen and oxygen atoms in total. The van der Waals surface area contributed by atoms with E-state index < -0.39 is 5.97 Å². The van der Waals surface area contributed by atoms with Crippen LogP contribution in [0.1, 0.15) is 25.0 Å². The van der Waals surface area contributed by atoms with Crippen LogP contribution in [0.2, 0.25) is 0 Å². The van der Waals surface area contributed by atoms with Gasteiger partial charge in [0.1, 0.15) is 11.5 Å². The summed E-state index contributed by atoms with van der Waals surface area (Å²) in [7, 11) is 0. The van der Waals surface area contributed by atoms with Crippen LogP contribution in [-0.2, 0) is 9.53 Å². The number of halogens is 1. The highest BCUT2D eigenvalue weighted by Gasteiger charge is 2.24. The van der Waals surface area contributed by atoms with Crippen molar-refractivity contribution in [2.75, 3.05) is 13.2 Å². The number of carbonyl (C=O) groups excluding carboxylic acids is 1. The van der Waals surface area contributed by atoms with Gasteiger partial charge in [-0.3, -0.25) is 0 Å². The number of ether oxygens (including phenoxy) is 3. The molecule has 26 heavy (non-hydrogen) atoms. The topological polar surface area (TPSA) is 57.1 Å². The fourth-order valence-electron chi connectivity index (χ4n) is 2.47.